The van der Waals surface area contributed by atoms with E-state index in [-0.39, 0.29) is 5.88 Å². The van der Waals surface area contributed by atoms with Crippen LogP contribution in [0.5, 0.6) is 5.88 Å². The second-order valence-electron chi connectivity index (χ2n) is 5.53. The zero-order chi connectivity index (χ0) is 17.9. The zero-order valence-electron chi connectivity index (χ0n) is 13.8. The quantitative estimate of drug-likeness (QED) is 0.823. The van der Waals surface area contributed by atoms with Crippen LogP contribution in [0.15, 0.2) is 47.5 Å². The molecule has 7 nitrogen and oxygen atoms in total. The first-order valence-electron chi connectivity index (χ1n) is 7.81. The van der Waals surface area contributed by atoms with Gasteiger partial charge in [-0.2, -0.15) is 9.57 Å². The van der Waals surface area contributed by atoms with Crippen molar-refractivity contribution in [1.29, 1.82) is 5.26 Å². The number of ether oxygens (including phenoxy) is 1. The maximum absolute atomic E-state index is 12.7. The standard InChI is InChI=1S/C17H18N4O3S/c1-24-17-15(13-18)16(7-8-19-17)20-9-11-21(12-10-20)25(22,23)14-5-3-2-4-6-14/h2-8H,9-12H2,1H3. The van der Waals surface area contributed by atoms with Crippen LogP contribution >= 0.6 is 0 Å². The van der Waals surface area contributed by atoms with E-state index in [9.17, 15) is 13.7 Å². The highest BCUT2D eigenvalue weighted by Gasteiger charge is 2.29. The summed E-state index contributed by atoms with van der Waals surface area (Å²) in [5, 5.41) is 9.39. The summed E-state index contributed by atoms with van der Waals surface area (Å²) in [4.78, 5) is 6.32. The van der Waals surface area contributed by atoms with Crippen LogP contribution in [0.3, 0.4) is 0 Å². The van der Waals surface area contributed by atoms with Crippen molar-refractivity contribution in [2.24, 2.45) is 0 Å². The average Bonchev–Trinajstić information content (AvgIpc) is 2.68. The van der Waals surface area contributed by atoms with Gasteiger partial charge < -0.3 is 9.64 Å². The van der Waals surface area contributed by atoms with Crippen LogP contribution in [-0.2, 0) is 10.0 Å². The maximum Gasteiger partial charge on any atom is 0.243 e. The van der Waals surface area contributed by atoms with Gasteiger partial charge in [-0.15, -0.1) is 0 Å². The SMILES string of the molecule is COc1nccc(N2CCN(S(=O)(=O)c3ccccc3)CC2)c1C#N. The van der Waals surface area contributed by atoms with E-state index in [1.807, 2.05) is 4.90 Å². The first-order valence-corrected chi connectivity index (χ1v) is 9.25. The average molecular weight is 358 g/mol. The molecular formula is C17H18N4O3S. The number of benzene rings is 1. The first-order chi connectivity index (χ1) is 12.1. The molecule has 0 unspecified atom stereocenters. The Morgan fingerprint density at radius 1 is 1.12 bits per heavy atom. The predicted octanol–water partition coefficient (Wildman–Crippen LogP) is 1.47. The molecule has 8 heteroatoms. The van der Waals surface area contributed by atoms with Crippen molar-refractivity contribution in [3.05, 3.63) is 48.2 Å². The fraction of sp³-hybridized carbons (Fsp3) is 0.294. The summed E-state index contributed by atoms with van der Waals surface area (Å²) >= 11 is 0. The molecule has 0 atom stereocenters. The molecule has 25 heavy (non-hydrogen) atoms. The smallest absolute Gasteiger partial charge is 0.243 e. The van der Waals surface area contributed by atoms with Crippen LogP contribution in [-0.4, -0.2) is 51.0 Å². The number of hydrogen-bond donors (Lipinski definition) is 0. The summed E-state index contributed by atoms with van der Waals surface area (Å²) in [6, 6.07) is 12.3. The third-order valence-electron chi connectivity index (χ3n) is 4.16. The maximum atomic E-state index is 12.7. The van der Waals surface area contributed by atoms with Gasteiger partial charge in [0, 0.05) is 32.4 Å². The van der Waals surface area contributed by atoms with Crippen molar-refractivity contribution < 1.29 is 13.2 Å². The molecule has 0 amide bonds. The molecule has 0 N–H and O–H groups in total. The highest BCUT2D eigenvalue weighted by atomic mass is 32.2. The zero-order valence-corrected chi connectivity index (χ0v) is 14.6. The Hall–Kier alpha value is -2.63. The van der Waals surface area contributed by atoms with Crippen LogP contribution in [0.4, 0.5) is 5.69 Å². The van der Waals surface area contributed by atoms with E-state index in [1.165, 1.54) is 11.4 Å². The van der Waals surface area contributed by atoms with E-state index in [4.69, 9.17) is 4.74 Å². The molecule has 0 aliphatic carbocycles. The van der Waals surface area contributed by atoms with Crippen molar-refractivity contribution in [1.82, 2.24) is 9.29 Å². The Kier molecular flexibility index (Phi) is 4.88. The summed E-state index contributed by atoms with van der Waals surface area (Å²) in [6.07, 6.45) is 1.59. The molecule has 130 valence electrons. The van der Waals surface area contributed by atoms with Gasteiger partial charge >= 0.3 is 0 Å². The largest absolute Gasteiger partial charge is 0.480 e. The highest BCUT2D eigenvalue weighted by molar-refractivity contribution is 7.89. The topological polar surface area (TPSA) is 86.5 Å². The molecule has 0 radical (unpaired) electrons. The van der Waals surface area contributed by atoms with Crippen LogP contribution in [0.1, 0.15) is 5.56 Å². The lowest BCUT2D eigenvalue weighted by Crippen LogP contribution is -2.48. The number of methoxy groups -OCH3 is 1. The van der Waals surface area contributed by atoms with Gasteiger partial charge in [-0.05, 0) is 18.2 Å². The minimum absolute atomic E-state index is 0.277. The molecule has 0 bridgehead atoms. The van der Waals surface area contributed by atoms with Gasteiger partial charge in [0.2, 0.25) is 15.9 Å². The van der Waals surface area contributed by atoms with Gasteiger partial charge in [-0.3, -0.25) is 0 Å². The minimum atomic E-state index is -3.49. The van der Waals surface area contributed by atoms with E-state index >= 15 is 0 Å². The van der Waals surface area contributed by atoms with Gasteiger partial charge in [-0.25, -0.2) is 13.4 Å². The van der Waals surface area contributed by atoms with E-state index in [0.29, 0.717) is 42.3 Å². The number of rotatable bonds is 4. The highest BCUT2D eigenvalue weighted by Crippen LogP contribution is 2.28. The first kappa shape index (κ1) is 17.2. The van der Waals surface area contributed by atoms with Gasteiger partial charge in [0.15, 0.2) is 0 Å². The van der Waals surface area contributed by atoms with E-state index in [1.54, 1.807) is 42.6 Å². The van der Waals surface area contributed by atoms with Crippen LogP contribution in [0.25, 0.3) is 0 Å². The summed E-state index contributed by atoms with van der Waals surface area (Å²) < 4.78 is 32.0. The predicted molar refractivity (Wildman–Crippen MR) is 92.9 cm³/mol. The third-order valence-corrected chi connectivity index (χ3v) is 6.07. The lowest BCUT2D eigenvalue weighted by atomic mass is 10.2. The molecule has 0 spiro atoms. The molecule has 1 aromatic carbocycles. The normalized spacial score (nSPS) is 15.6. The Morgan fingerprint density at radius 2 is 1.80 bits per heavy atom. The Bertz CT molecular complexity index is 886. The summed E-state index contributed by atoms with van der Waals surface area (Å²) in [7, 11) is -2.02. The van der Waals surface area contributed by atoms with Crippen molar-refractivity contribution >= 4 is 15.7 Å². The number of piperazine rings is 1. The Balaban J connectivity index is 1.78. The van der Waals surface area contributed by atoms with Crippen molar-refractivity contribution in [2.75, 3.05) is 38.2 Å². The molecule has 1 saturated heterocycles. The number of sulfonamides is 1. The van der Waals surface area contributed by atoms with E-state index in [0.717, 1.165) is 0 Å². The number of pyridine rings is 1. The van der Waals surface area contributed by atoms with Gasteiger partial charge in [0.1, 0.15) is 11.6 Å². The summed E-state index contributed by atoms with van der Waals surface area (Å²) in [6.45, 7) is 1.70. The summed E-state index contributed by atoms with van der Waals surface area (Å²) in [5.41, 5.74) is 1.08. The number of hydrogen-bond acceptors (Lipinski definition) is 6. The number of nitriles is 1. The van der Waals surface area contributed by atoms with Crippen molar-refractivity contribution in [3.63, 3.8) is 0 Å². The molecule has 1 aliphatic rings. The fourth-order valence-corrected chi connectivity index (χ4v) is 4.31. The minimum Gasteiger partial charge on any atom is -0.480 e. The van der Waals surface area contributed by atoms with Crippen LogP contribution in [0.2, 0.25) is 0 Å². The van der Waals surface area contributed by atoms with Gasteiger partial charge in [0.25, 0.3) is 0 Å². The number of anilines is 1. The van der Waals surface area contributed by atoms with Crippen LogP contribution < -0.4 is 9.64 Å². The second kappa shape index (κ2) is 7.09. The van der Waals surface area contributed by atoms with Gasteiger partial charge in [-0.1, -0.05) is 18.2 Å². The van der Waals surface area contributed by atoms with Crippen molar-refractivity contribution in [2.45, 2.75) is 4.90 Å². The van der Waals surface area contributed by atoms with Crippen LogP contribution in [0, 0.1) is 11.3 Å². The molecule has 0 saturated carbocycles. The van der Waals surface area contributed by atoms with Gasteiger partial charge in [0.05, 0.1) is 17.7 Å². The molecule has 1 aliphatic heterocycles. The molecule has 2 heterocycles. The number of nitrogens with zero attached hydrogens (tertiary/aromatic N) is 4. The second-order valence-corrected chi connectivity index (χ2v) is 7.47. The molecule has 3 rings (SSSR count). The molecule has 2 aromatic rings. The molecule has 1 aromatic heterocycles. The lowest BCUT2D eigenvalue weighted by Gasteiger charge is -2.35. The lowest BCUT2D eigenvalue weighted by molar-refractivity contribution is 0.382. The Morgan fingerprint density at radius 3 is 2.40 bits per heavy atom. The van der Waals surface area contributed by atoms with E-state index < -0.39 is 10.0 Å². The monoisotopic (exact) mass is 358 g/mol. The fourth-order valence-electron chi connectivity index (χ4n) is 2.87. The number of aromatic nitrogens is 1. The Labute approximate surface area is 147 Å². The molecular weight excluding hydrogens is 340 g/mol. The summed E-state index contributed by atoms with van der Waals surface area (Å²) in [5.74, 6) is 0.277. The molecule has 1 fully saturated rings. The third kappa shape index (κ3) is 3.29. The van der Waals surface area contributed by atoms with Crippen molar-refractivity contribution in [3.8, 4) is 11.9 Å². The van der Waals surface area contributed by atoms with E-state index in [2.05, 4.69) is 11.1 Å².